The van der Waals surface area contributed by atoms with Crippen molar-refractivity contribution in [3.63, 3.8) is 0 Å². The second-order valence-corrected chi connectivity index (χ2v) is 10.7. The lowest BCUT2D eigenvalue weighted by Crippen LogP contribution is -2.68. The van der Waals surface area contributed by atoms with E-state index < -0.39 is 23.3 Å². The van der Waals surface area contributed by atoms with Crippen molar-refractivity contribution in [3.05, 3.63) is 94.4 Å². The molecule has 0 spiro atoms. The topological polar surface area (TPSA) is 101 Å². The molecule has 0 aliphatic carbocycles. The number of carbonyl (C=O) groups excluding carboxylic acids is 3. The molecule has 200 valence electrons. The highest BCUT2D eigenvalue weighted by molar-refractivity contribution is 6.30. The van der Waals surface area contributed by atoms with Crippen LogP contribution in [0.1, 0.15) is 23.6 Å². The highest BCUT2D eigenvalue weighted by atomic mass is 16.5. The monoisotopic (exact) mass is 526 g/mol. The minimum atomic E-state index is -1.53. The van der Waals surface area contributed by atoms with Crippen molar-refractivity contribution in [3.8, 4) is 5.75 Å². The number of nitrogens with zero attached hydrogens (tertiary/aromatic N) is 3. The summed E-state index contributed by atoms with van der Waals surface area (Å²) in [6.45, 7) is 2.04. The Morgan fingerprint density at radius 1 is 0.897 bits per heavy atom. The number of methoxy groups -OCH3 is 1. The fourth-order valence-electron chi connectivity index (χ4n) is 6.44. The molecule has 3 aromatic rings. The van der Waals surface area contributed by atoms with E-state index in [9.17, 15) is 19.2 Å². The summed E-state index contributed by atoms with van der Waals surface area (Å²) in [5, 5.41) is 2.49. The molecule has 2 aromatic carbocycles. The molecule has 0 radical (unpaired) electrons. The Hall–Kier alpha value is -4.24. The molecule has 1 aromatic heterocycles. The number of para-hydroxylation sites is 1. The molecule has 39 heavy (non-hydrogen) atoms. The number of hydrogen-bond acceptors (Lipinski definition) is 6. The van der Waals surface area contributed by atoms with E-state index in [0.29, 0.717) is 31.1 Å². The summed E-state index contributed by atoms with van der Waals surface area (Å²) >= 11 is 0. The number of anilines is 1. The van der Waals surface area contributed by atoms with Crippen molar-refractivity contribution in [1.29, 1.82) is 0 Å². The largest absolute Gasteiger partial charge is 0.497 e. The van der Waals surface area contributed by atoms with Gasteiger partial charge in [-0.15, -0.1) is 0 Å². The number of likely N-dealkylation sites (tertiary alicyclic amines) is 1. The van der Waals surface area contributed by atoms with Crippen LogP contribution in [0.25, 0.3) is 0 Å². The first-order valence-corrected chi connectivity index (χ1v) is 13.2. The number of benzene rings is 2. The first kappa shape index (κ1) is 25.1. The molecule has 2 bridgehead atoms. The van der Waals surface area contributed by atoms with E-state index >= 15 is 0 Å². The van der Waals surface area contributed by atoms with Gasteiger partial charge in [0.1, 0.15) is 11.2 Å². The van der Waals surface area contributed by atoms with Gasteiger partial charge in [-0.25, -0.2) is 9.69 Å². The lowest BCUT2D eigenvalue weighted by Gasteiger charge is -2.47. The first-order valence-electron chi connectivity index (χ1n) is 13.2. The molecule has 3 aliphatic heterocycles. The number of barbiturate groups is 1. The Labute approximate surface area is 226 Å². The molecule has 4 amide bonds. The number of urea groups is 1. The zero-order valence-corrected chi connectivity index (χ0v) is 21.7. The summed E-state index contributed by atoms with van der Waals surface area (Å²) < 4.78 is 7.14. The van der Waals surface area contributed by atoms with Crippen LogP contribution in [0.2, 0.25) is 0 Å². The van der Waals surface area contributed by atoms with E-state index in [0.717, 1.165) is 22.6 Å². The predicted octanol–water partition coefficient (Wildman–Crippen LogP) is 2.79. The Bertz CT molecular complexity index is 1490. The average Bonchev–Trinajstić information content (AvgIpc) is 2.93. The van der Waals surface area contributed by atoms with Gasteiger partial charge >= 0.3 is 6.03 Å². The number of nitrogens with one attached hydrogen (secondary N) is 1. The van der Waals surface area contributed by atoms with Gasteiger partial charge in [0.25, 0.3) is 11.5 Å². The lowest BCUT2D eigenvalue weighted by molar-refractivity contribution is -0.144. The molecule has 2 fully saturated rings. The van der Waals surface area contributed by atoms with Crippen LogP contribution in [0, 0.1) is 11.3 Å². The molecule has 6 rings (SSSR count). The SMILES string of the molecule is COc1ccc(C[C@@]2(CN3C[C@H]4C[C@@H](C3)c3cccc(=O)n3C4)C(=O)NC(=O)N(c3ccccc3)C2=O)cc1. The standard InChI is InChI=1S/C30H30N4O5/c1-39-24-12-10-20(11-13-24)15-30(27(36)31-29(38)34(28(30)37)23-6-3-2-4-7-23)19-32-16-21-14-22(18-32)25-8-5-9-26(35)33(25)17-21/h2-13,21-22H,14-19H2,1H3,(H,31,36,38)/t21-,22+,30-/m1/s1. The Balaban J connectivity index is 1.37. The van der Waals surface area contributed by atoms with Gasteiger partial charge in [-0.3, -0.25) is 19.7 Å². The van der Waals surface area contributed by atoms with E-state index in [-0.39, 0.29) is 30.4 Å². The summed E-state index contributed by atoms with van der Waals surface area (Å²) in [5.74, 6) is -0.106. The number of amides is 4. The van der Waals surface area contributed by atoms with Crippen molar-refractivity contribution in [2.45, 2.75) is 25.3 Å². The van der Waals surface area contributed by atoms with Crippen LogP contribution in [0.5, 0.6) is 5.75 Å². The van der Waals surface area contributed by atoms with Gasteiger partial charge in [-0.2, -0.15) is 0 Å². The summed E-state index contributed by atoms with van der Waals surface area (Å²) in [6.07, 6.45) is 1.08. The summed E-state index contributed by atoms with van der Waals surface area (Å²) in [5.41, 5.74) is 0.671. The molecule has 3 atom stereocenters. The zero-order chi connectivity index (χ0) is 27.1. The van der Waals surface area contributed by atoms with Gasteiger partial charge in [0.2, 0.25) is 5.91 Å². The van der Waals surface area contributed by atoms with Crippen molar-refractivity contribution < 1.29 is 19.1 Å². The molecule has 3 aliphatic rings. The lowest BCUT2D eigenvalue weighted by atomic mass is 9.75. The Morgan fingerprint density at radius 2 is 1.67 bits per heavy atom. The second kappa shape index (κ2) is 9.81. The van der Waals surface area contributed by atoms with E-state index in [4.69, 9.17) is 4.74 Å². The molecule has 9 heteroatoms. The summed E-state index contributed by atoms with van der Waals surface area (Å²) in [6, 6.07) is 20.6. The maximum absolute atomic E-state index is 14.3. The fourth-order valence-corrected chi connectivity index (χ4v) is 6.44. The summed E-state index contributed by atoms with van der Waals surface area (Å²) in [4.78, 5) is 56.7. The molecule has 0 unspecified atom stereocenters. The highest BCUT2D eigenvalue weighted by Crippen LogP contribution is 2.39. The van der Waals surface area contributed by atoms with E-state index in [1.54, 1.807) is 61.7 Å². The molecular weight excluding hydrogens is 496 g/mol. The third-order valence-corrected chi connectivity index (χ3v) is 8.20. The zero-order valence-electron chi connectivity index (χ0n) is 21.7. The van der Waals surface area contributed by atoms with Crippen LogP contribution in [-0.2, 0) is 22.6 Å². The minimum absolute atomic E-state index is 0.00507. The van der Waals surface area contributed by atoms with Crippen molar-refractivity contribution in [2.24, 2.45) is 11.3 Å². The van der Waals surface area contributed by atoms with E-state index in [2.05, 4.69) is 10.2 Å². The van der Waals surface area contributed by atoms with Gasteiger partial charge in [0.05, 0.1) is 12.8 Å². The van der Waals surface area contributed by atoms with Gasteiger partial charge in [-0.05, 0) is 54.7 Å². The number of aromatic nitrogens is 1. The number of ether oxygens (including phenoxy) is 1. The van der Waals surface area contributed by atoms with Crippen LogP contribution < -0.4 is 20.5 Å². The van der Waals surface area contributed by atoms with E-state index in [1.165, 1.54) is 0 Å². The van der Waals surface area contributed by atoms with Gasteiger partial charge in [0.15, 0.2) is 0 Å². The van der Waals surface area contributed by atoms with Crippen LogP contribution in [-0.4, -0.2) is 54.1 Å². The van der Waals surface area contributed by atoms with Gasteiger partial charge in [-0.1, -0.05) is 36.4 Å². The molecule has 1 N–H and O–H groups in total. The molecular formula is C30H30N4O5. The quantitative estimate of drug-likeness (QED) is 0.496. The Morgan fingerprint density at radius 3 is 2.41 bits per heavy atom. The molecule has 4 heterocycles. The third kappa shape index (κ3) is 4.42. The van der Waals surface area contributed by atoms with Gasteiger partial charge in [0, 0.05) is 43.9 Å². The number of hydrogen-bond donors (Lipinski definition) is 1. The van der Waals surface area contributed by atoms with Crippen LogP contribution >= 0.6 is 0 Å². The smallest absolute Gasteiger partial charge is 0.335 e. The number of imide groups is 2. The average molecular weight is 527 g/mol. The number of carbonyl (C=O) groups is 3. The van der Waals surface area contributed by atoms with Crippen molar-refractivity contribution in [1.82, 2.24) is 14.8 Å². The first-order chi connectivity index (χ1) is 18.9. The minimum Gasteiger partial charge on any atom is -0.497 e. The summed E-state index contributed by atoms with van der Waals surface area (Å²) in [7, 11) is 1.58. The number of pyridine rings is 1. The van der Waals surface area contributed by atoms with Crippen LogP contribution in [0.15, 0.2) is 77.6 Å². The third-order valence-electron chi connectivity index (χ3n) is 8.20. The second-order valence-electron chi connectivity index (χ2n) is 10.7. The highest BCUT2D eigenvalue weighted by Gasteiger charge is 2.55. The number of piperidine rings is 1. The number of rotatable bonds is 6. The predicted molar refractivity (Wildman–Crippen MR) is 145 cm³/mol. The molecule has 9 nitrogen and oxygen atoms in total. The van der Waals surface area contributed by atoms with Crippen LogP contribution in [0.4, 0.5) is 10.5 Å². The van der Waals surface area contributed by atoms with Crippen molar-refractivity contribution in [2.75, 3.05) is 31.6 Å². The maximum atomic E-state index is 14.3. The fraction of sp³-hybridized carbons (Fsp3) is 0.333. The van der Waals surface area contributed by atoms with Crippen LogP contribution in [0.3, 0.4) is 0 Å². The van der Waals surface area contributed by atoms with Gasteiger partial charge < -0.3 is 14.2 Å². The Kier molecular flexibility index (Phi) is 6.31. The number of fused-ring (bicyclic) bond motifs is 4. The van der Waals surface area contributed by atoms with Crippen molar-refractivity contribution >= 4 is 23.5 Å². The molecule has 0 saturated carbocycles. The molecule has 2 saturated heterocycles. The maximum Gasteiger partial charge on any atom is 0.335 e. The van der Waals surface area contributed by atoms with E-state index in [1.807, 2.05) is 22.8 Å². The normalized spacial score (nSPS) is 24.7.